The highest BCUT2D eigenvalue weighted by Crippen LogP contribution is 2.41. The van der Waals surface area contributed by atoms with Crippen molar-refractivity contribution in [2.45, 2.75) is 0 Å². The number of hydrogen-bond donors (Lipinski definition) is 1. The summed E-state index contributed by atoms with van der Waals surface area (Å²) >= 11 is 0. The molecule has 0 atom stereocenters. The van der Waals surface area contributed by atoms with E-state index in [4.69, 9.17) is 30.0 Å². The van der Waals surface area contributed by atoms with Crippen LogP contribution in [0.1, 0.15) is 0 Å². The summed E-state index contributed by atoms with van der Waals surface area (Å²) in [5.74, 6) is 2.01. The lowest BCUT2D eigenvalue weighted by molar-refractivity contribution is 0.387. The molecule has 3 aromatic carbocycles. The van der Waals surface area contributed by atoms with Gasteiger partial charge in [0.25, 0.3) is 0 Å². The molecule has 0 spiro atoms. The summed E-state index contributed by atoms with van der Waals surface area (Å²) < 4.78 is 18.1. The summed E-state index contributed by atoms with van der Waals surface area (Å²) in [6.45, 7) is 0. The van der Waals surface area contributed by atoms with Crippen molar-refractivity contribution in [1.29, 1.82) is 0 Å². The first-order valence-electron chi connectivity index (χ1n) is 12.6. The molecule has 6 aromatic rings. The van der Waals surface area contributed by atoms with E-state index < -0.39 is 0 Å². The summed E-state index contributed by atoms with van der Waals surface area (Å²) in [6.07, 6.45) is 0. The smallest absolute Gasteiger partial charge is 0.233 e. The van der Waals surface area contributed by atoms with Crippen LogP contribution in [0.5, 0.6) is 17.5 Å². The van der Waals surface area contributed by atoms with Gasteiger partial charge < -0.3 is 19.9 Å². The molecule has 0 saturated heterocycles. The number of rotatable bonds is 7. The van der Waals surface area contributed by atoms with Crippen LogP contribution >= 0.6 is 0 Å². The van der Waals surface area contributed by atoms with E-state index in [1.54, 1.807) is 31.9 Å². The zero-order valence-electron chi connectivity index (χ0n) is 22.2. The Morgan fingerprint density at radius 2 is 1.38 bits per heavy atom. The average molecular weight is 531 g/mol. The SMILES string of the molecule is COc1ccc(-c2c(N)nc3c(-c4ccccc4)c(-c4cccc(-c5ccc(OC)nn5)c4)nn3c2OC)cc1. The van der Waals surface area contributed by atoms with Gasteiger partial charge in [0, 0.05) is 17.2 Å². The van der Waals surface area contributed by atoms with E-state index >= 15 is 0 Å². The molecule has 9 nitrogen and oxygen atoms in total. The van der Waals surface area contributed by atoms with Gasteiger partial charge >= 0.3 is 0 Å². The quantitative estimate of drug-likeness (QED) is 0.276. The van der Waals surface area contributed by atoms with Crippen LogP contribution in [0.3, 0.4) is 0 Å². The summed E-state index contributed by atoms with van der Waals surface area (Å²) in [6, 6.07) is 29.2. The second-order valence-corrected chi connectivity index (χ2v) is 8.98. The molecule has 0 radical (unpaired) electrons. The van der Waals surface area contributed by atoms with E-state index in [-0.39, 0.29) is 0 Å². The van der Waals surface area contributed by atoms with E-state index in [0.717, 1.165) is 45.0 Å². The van der Waals surface area contributed by atoms with Gasteiger partial charge in [-0.3, -0.25) is 0 Å². The third-order valence-electron chi connectivity index (χ3n) is 6.67. The summed E-state index contributed by atoms with van der Waals surface area (Å²) in [5, 5.41) is 13.5. The number of hydrogen-bond acceptors (Lipinski definition) is 8. The van der Waals surface area contributed by atoms with E-state index in [1.165, 1.54) is 0 Å². The highest BCUT2D eigenvalue weighted by molar-refractivity contribution is 5.93. The number of nitrogens with zero attached hydrogens (tertiary/aromatic N) is 5. The minimum absolute atomic E-state index is 0.334. The third kappa shape index (κ3) is 4.33. The molecule has 0 aliphatic rings. The van der Waals surface area contributed by atoms with Gasteiger partial charge in [0.15, 0.2) is 5.65 Å². The zero-order valence-corrected chi connectivity index (χ0v) is 22.2. The summed E-state index contributed by atoms with van der Waals surface area (Å²) in [7, 11) is 4.80. The molecule has 0 fully saturated rings. The Morgan fingerprint density at radius 3 is 2.05 bits per heavy atom. The summed E-state index contributed by atoms with van der Waals surface area (Å²) in [5.41, 5.74) is 13.7. The van der Waals surface area contributed by atoms with Gasteiger partial charge in [-0.2, -0.15) is 9.61 Å². The Kier molecular flexibility index (Phi) is 6.45. The van der Waals surface area contributed by atoms with Crippen LogP contribution in [-0.2, 0) is 0 Å². The number of nitrogens with two attached hydrogens (primary N) is 1. The molecule has 198 valence electrons. The Morgan fingerprint density at radius 1 is 0.650 bits per heavy atom. The molecular weight excluding hydrogens is 504 g/mol. The number of ether oxygens (including phenoxy) is 3. The molecule has 0 aliphatic carbocycles. The lowest BCUT2D eigenvalue weighted by Gasteiger charge is -2.13. The first-order chi connectivity index (χ1) is 19.6. The van der Waals surface area contributed by atoms with Gasteiger partial charge in [0.1, 0.15) is 17.3 Å². The Labute approximate surface area is 230 Å². The molecule has 40 heavy (non-hydrogen) atoms. The normalized spacial score (nSPS) is 11.0. The molecule has 0 unspecified atom stereocenters. The zero-order chi connectivity index (χ0) is 27.6. The number of methoxy groups -OCH3 is 3. The molecule has 0 amide bonds. The van der Waals surface area contributed by atoms with Crippen LogP contribution in [0.15, 0.2) is 91.0 Å². The molecule has 9 heteroatoms. The molecular formula is C31H26N6O3. The van der Waals surface area contributed by atoms with Crippen molar-refractivity contribution in [3.05, 3.63) is 91.0 Å². The van der Waals surface area contributed by atoms with E-state index in [2.05, 4.69) is 10.2 Å². The Balaban J connectivity index is 1.59. The van der Waals surface area contributed by atoms with Gasteiger partial charge in [-0.05, 0) is 35.4 Å². The molecule has 0 saturated carbocycles. The molecule has 2 N–H and O–H groups in total. The van der Waals surface area contributed by atoms with Gasteiger partial charge in [0.05, 0.1) is 38.2 Å². The summed E-state index contributed by atoms with van der Waals surface area (Å²) in [4.78, 5) is 4.86. The lowest BCUT2D eigenvalue weighted by Crippen LogP contribution is -2.05. The largest absolute Gasteiger partial charge is 0.497 e. The van der Waals surface area contributed by atoms with Crippen LogP contribution in [0.4, 0.5) is 5.82 Å². The van der Waals surface area contributed by atoms with Crippen LogP contribution in [0.2, 0.25) is 0 Å². The first kappa shape index (κ1) is 24.9. The maximum atomic E-state index is 6.60. The molecule has 6 rings (SSSR count). The van der Waals surface area contributed by atoms with Gasteiger partial charge in [-0.1, -0.05) is 60.7 Å². The highest BCUT2D eigenvalue weighted by atomic mass is 16.5. The van der Waals surface area contributed by atoms with Crippen molar-refractivity contribution in [1.82, 2.24) is 24.8 Å². The molecule has 3 heterocycles. The first-order valence-corrected chi connectivity index (χ1v) is 12.6. The van der Waals surface area contributed by atoms with Crippen LogP contribution in [-0.4, -0.2) is 46.1 Å². The van der Waals surface area contributed by atoms with Crippen molar-refractivity contribution in [2.75, 3.05) is 27.1 Å². The van der Waals surface area contributed by atoms with Crippen molar-refractivity contribution in [3.8, 4) is 62.3 Å². The van der Waals surface area contributed by atoms with Crippen LogP contribution in [0, 0.1) is 0 Å². The van der Waals surface area contributed by atoms with Gasteiger partial charge in [-0.15, -0.1) is 10.2 Å². The van der Waals surface area contributed by atoms with E-state index in [1.807, 2.05) is 84.9 Å². The number of fused-ring (bicyclic) bond motifs is 1. The Bertz CT molecular complexity index is 1800. The van der Waals surface area contributed by atoms with Crippen molar-refractivity contribution in [3.63, 3.8) is 0 Å². The van der Waals surface area contributed by atoms with E-state index in [0.29, 0.717) is 28.8 Å². The topological polar surface area (TPSA) is 110 Å². The van der Waals surface area contributed by atoms with Crippen molar-refractivity contribution in [2.24, 2.45) is 0 Å². The minimum atomic E-state index is 0.334. The lowest BCUT2D eigenvalue weighted by atomic mass is 9.99. The van der Waals surface area contributed by atoms with Crippen molar-refractivity contribution >= 4 is 11.5 Å². The predicted molar refractivity (Wildman–Crippen MR) is 154 cm³/mol. The number of benzene rings is 3. The van der Waals surface area contributed by atoms with Crippen molar-refractivity contribution < 1.29 is 14.2 Å². The predicted octanol–water partition coefficient (Wildman–Crippen LogP) is 5.80. The molecule has 0 aliphatic heterocycles. The third-order valence-corrected chi connectivity index (χ3v) is 6.67. The standard InChI is InChI=1S/C31H26N6O3/c1-38-23-14-12-20(13-15-23)27-29(32)33-30-26(19-8-5-4-6-9-19)28(36-37(30)31(27)40-3)22-11-7-10-21(18-22)24-16-17-25(39-2)35-34-24/h4-18H,1-3H3,(H2,32,33). The average Bonchev–Trinajstić information content (AvgIpc) is 3.40. The van der Waals surface area contributed by atoms with Crippen LogP contribution in [0.25, 0.3) is 50.4 Å². The minimum Gasteiger partial charge on any atom is -0.497 e. The molecule has 3 aromatic heterocycles. The number of anilines is 1. The fourth-order valence-corrected chi connectivity index (χ4v) is 4.74. The fourth-order valence-electron chi connectivity index (χ4n) is 4.74. The number of nitrogen functional groups attached to an aromatic ring is 1. The fraction of sp³-hybridized carbons (Fsp3) is 0.0968. The maximum Gasteiger partial charge on any atom is 0.233 e. The molecule has 0 bridgehead atoms. The van der Waals surface area contributed by atoms with E-state index in [9.17, 15) is 0 Å². The second-order valence-electron chi connectivity index (χ2n) is 8.98. The van der Waals surface area contributed by atoms with Gasteiger partial charge in [-0.25, -0.2) is 4.98 Å². The second kappa shape index (κ2) is 10.4. The number of aromatic nitrogens is 5. The van der Waals surface area contributed by atoms with Gasteiger partial charge in [0.2, 0.25) is 11.8 Å². The monoisotopic (exact) mass is 530 g/mol. The van der Waals surface area contributed by atoms with Crippen LogP contribution < -0.4 is 19.9 Å². The Hall–Kier alpha value is -5.44. The maximum absolute atomic E-state index is 6.60. The highest BCUT2D eigenvalue weighted by Gasteiger charge is 2.24.